The number of anilines is 1. The fourth-order valence-electron chi connectivity index (χ4n) is 3.22. The van der Waals surface area contributed by atoms with Crippen molar-refractivity contribution in [2.24, 2.45) is 0 Å². The molecular formula is C22H20N3O2+. The minimum Gasteiger partial charge on any atom is -0.507 e. The average molecular weight is 358 g/mol. The minimum atomic E-state index is -0.276. The van der Waals surface area contributed by atoms with Gasteiger partial charge in [0.15, 0.2) is 0 Å². The van der Waals surface area contributed by atoms with Crippen LogP contribution in [0.4, 0.5) is 5.82 Å². The SMILES string of the molecule is COc1ccc([C@@H](Nc2cccc[nH+]2)c2c(O)ccc3ncccc23)cc1. The molecule has 4 rings (SSSR count). The molecule has 5 nitrogen and oxygen atoms in total. The van der Waals surface area contributed by atoms with E-state index in [4.69, 9.17) is 4.74 Å². The highest BCUT2D eigenvalue weighted by molar-refractivity contribution is 5.86. The van der Waals surface area contributed by atoms with Crippen molar-refractivity contribution in [2.75, 3.05) is 12.4 Å². The van der Waals surface area contributed by atoms with Crippen molar-refractivity contribution >= 4 is 16.7 Å². The van der Waals surface area contributed by atoms with Gasteiger partial charge in [-0.2, -0.15) is 0 Å². The van der Waals surface area contributed by atoms with E-state index < -0.39 is 0 Å². The third-order valence-corrected chi connectivity index (χ3v) is 4.55. The Morgan fingerprint density at radius 2 is 1.85 bits per heavy atom. The largest absolute Gasteiger partial charge is 0.507 e. The summed E-state index contributed by atoms with van der Waals surface area (Å²) in [5, 5.41) is 15.1. The number of H-pyrrole nitrogens is 1. The van der Waals surface area contributed by atoms with Gasteiger partial charge < -0.3 is 9.84 Å². The lowest BCUT2D eigenvalue weighted by Gasteiger charge is -2.19. The second-order valence-corrected chi connectivity index (χ2v) is 6.20. The van der Waals surface area contributed by atoms with Crippen LogP contribution in [0.15, 0.2) is 79.1 Å². The fourth-order valence-corrected chi connectivity index (χ4v) is 3.22. The molecule has 2 heterocycles. The molecule has 0 bridgehead atoms. The number of methoxy groups -OCH3 is 1. The zero-order valence-corrected chi connectivity index (χ0v) is 14.9. The number of rotatable bonds is 5. The molecule has 2 aromatic heterocycles. The van der Waals surface area contributed by atoms with Crippen LogP contribution in [-0.2, 0) is 0 Å². The summed E-state index contributed by atoms with van der Waals surface area (Å²) in [7, 11) is 1.64. The molecule has 0 fully saturated rings. The number of ether oxygens (including phenoxy) is 1. The lowest BCUT2D eigenvalue weighted by atomic mass is 9.94. The first kappa shape index (κ1) is 16.8. The van der Waals surface area contributed by atoms with Gasteiger partial charge in [-0.3, -0.25) is 10.3 Å². The molecule has 0 unspecified atom stereocenters. The summed E-state index contributed by atoms with van der Waals surface area (Å²) in [6.07, 6.45) is 3.61. The zero-order valence-electron chi connectivity index (χ0n) is 14.9. The van der Waals surface area contributed by atoms with Gasteiger partial charge in [0.1, 0.15) is 17.5 Å². The summed E-state index contributed by atoms with van der Waals surface area (Å²) < 4.78 is 5.28. The smallest absolute Gasteiger partial charge is 0.272 e. The predicted octanol–water partition coefficient (Wildman–Crippen LogP) is 3.96. The minimum absolute atomic E-state index is 0.222. The lowest BCUT2D eigenvalue weighted by molar-refractivity contribution is -0.361. The van der Waals surface area contributed by atoms with Crippen LogP contribution >= 0.6 is 0 Å². The molecule has 4 aromatic rings. The van der Waals surface area contributed by atoms with Crippen molar-refractivity contribution in [3.05, 3.63) is 90.3 Å². The molecular weight excluding hydrogens is 338 g/mol. The fraction of sp³-hybridized carbons (Fsp3) is 0.0909. The monoisotopic (exact) mass is 358 g/mol. The Bertz CT molecular complexity index is 1050. The first-order chi connectivity index (χ1) is 13.3. The van der Waals surface area contributed by atoms with Crippen molar-refractivity contribution in [1.82, 2.24) is 4.98 Å². The summed E-state index contributed by atoms with van der Waals surface area (Å²) in [6.45, 7) is 0. The van der Waals surface area contributed by atoms with Crippen LogP contribution in [0.2, 0.25) is 0 Å². The number of hydrogen-bond donors (Lipinski definition) is 2. The normalized spacial score (nSPS) is 11.9. The van der Waals surface area contributed by atoms with Gasteiger partial charge in [-0.05, 0) is 36.4 Å². The quantitative estimate of drug-likeness (QED) is 0.566. The van der Waals surface area contributed by atoms with Gasteiger partial charge in [-0.25, -0.2) is 4.98 Å². The maximum atomic E-state index is 10.7. The molecule has 0 aliphatic heterocycles. The predicted molar refractivity (Wildman–Crippen MR) is 105 cm³/mol. The number of nitrogens with zero attached hydrogens (tertiary/aromatic N) is 1. The molecule has 27 heavy (non-hydrogen) atoms. The topological polar surface area (TPSA) is 68.5 Å². The number of phenols is 1. The van der Waals surface area contributed by atoms with E-state index in [1.807, 2.05) is 66.9 Å². The molecule has 0 saturated carbocycles. The van der Waals surface area contributed by atoms with Crippen molar-refractivity contribution in [3.63, 3.8) is 0 Å². The van der Waals surface area contributed by atoms with E-state index in [1.165, 1.54) is 0 Å². The van der Waals surface area contributed by atoms with Gasteiger partial charge >= 0.3 is 0 Å². The number of hydrogen-bond acceptors (Lipinski definition) is 4. The first-order valence-corrected chi connectivity index (χ1v) is 8.70. The van der Waals surface area contributed by atoms with Crippen LogP contribution in [0.5, 0.6) is 11.5 Å². The maximum Gasteiger partial charge on any atom is 0.272 e. The van der Waals surface area contributed by atoms with E-state index in [2.05, 4.69) is 15.3 Å². The number of phenolic OH excluding ortho intramolecular Hbond substituents is 1. The Labute approximate surface area is 157 Å². The molecule has 0 radical (unpaired) electrons. The number of fused-ring (bicyclic) bond motifs is 1. The third kappa shape index (κ3) is 3.40. The summed E-state index contributed by atoms with van der Waals surface area (Å²) >= 11 is 0. The van der Waals surface area contributed by atoms with E-state index in [1.54, 1.807) is 19.4 Å². The van der Waals surface area contributed by atoms with Crippen molar-refractivity contribution in [2.45, 2.75) is 6.04 Å². The van der Waals surface area contributed by atoms with E-state index in [0.29, 0.717) is 0 Å². The van der Waals surface area contributed by atoms with E-state index in [0.717, 1.165) is 33.6 Å². The van der Waals surface area contributed by atoms with Crippen molar-refractivity contribution < 1.29 is 14.8 Å². The van der Waals surface area contributed by atoms with Gasteiger partial charge in [-0.1, -0.05) is 24.3 Å². The standard InChI is InChI=1S/C22H19N3O2/c1-27-16-9-7-15(8-10-16)22(25-20-6-2-3-13-24-20)21-17-5-4-14-23-18(17)11-12-19(21)26/h2-14,22,26H,1H3,(H,24,25)/p+1/t22-/m1/s1. The number of nitrogens with one attached hydrogen (secondary N) is 2. The van der Waals surface area contributed by atoms with Crippen LogP contribution in [0.25, 0.3) is 10.9 Å². The molecule has 0 spiro atoms. The highest BCUT2D eigenvalue weighted by atomic mass is 16.5. The number of aromatic amines is 1. The number of aromatic hydroxyl groups is 1. The van der Waals surface area contributed by atoms with Gasteiger partial charge in [0.2, 0.25) is 0 Å². The number of aromatic nitrogens is 2. The molecule has 2 aromatic carbocycles. The van der Waals surface area contributed by atoms with Crippen LogP contribution < -0.4 is 15.0 Å². The van der Waals surface area contributed by atoms with Crippen LogP contribution in [0.3, 0.4) is 0 Å². The molecule has 5 heteroatoms. The van der Waals surface area contributed by atoms with Crippen LogP contribution in [-0.4, -0.2) is 17.2 Å². The second kappa shape index (κ2) is 7.33. The summed E-state index contributed by atoms with van der Waals surface area (Å²) in [6, 6.07) is 20.8. The Morgan fingerprint density at radius 3 is 2.59 bits per heavy atom. The van der Waals surface area contributed by atoms with E-state index in [9.17, 15) is 5.11 Å². The summed E-state index contributed by atoms with van der Waals surface area (Å²) in [4.78, 5) is 7.62. The van der Waals surface area contributed by atoms with Gasteiger partial charge in [-0.15, -0.1) is 0 Å². The van der Waals surface area contributed by atoms with Crippen molar-refractivity contribution in [3.8, 4) is 11.5 Å². The Morgan fingerprint density at radius 1 is 1.00 bits per heavy atom. The molecule has 1 atom stereocenters. The lowest BCUT2D eigenvalue weighted by Crippen LogP contribution is -2.19. The molecule has 0 amide bonds. The van der Waals surface area contributed by atoms with E-state index in [-0.39, 0.29) is 11.8 Å². The molecule has 0 aliphatic rings. The average Bonchev–Trinajstić information content (AvgIpc) is 2.73. The van der Waals surface area contributed by atoms with Crippen LogP contribution in [0.1, 0.15) is 17.2 Å². The Balaban J connectivity index is 1.88. The zero-order chi connectivity index (χ0) is 18.6. The Kier molecular flexibility index (Phi) is 4.58. The highest BCUT2D eigenvalue weighted by Crippen LogP contribution is 2.37. The summed E-state index contributed by atoms with van der Waals surface area (Å²) in [5.41, 5.74) is 2.62. The molecule has 0 aliphatic carbocycles. The Hall–Kier alpha value is -3.60. The van der Waals surface area contributed by atoms with Gasteiger partial charge in [0, 0.05) is 23.2 Å². The highest BCUT2D eigenvalue weighted by Gasteiger charge is 2.25. The first-order valence-electron chi connectivity index (χ1n) is 8.70. The van der Waals surface area contributed by atoms with E-state index >= 15 is 0 Å². The summed E-state index contributed by atoms with van der Waals surface area (Å²) in [5.74, 6) is 1.85. The number of pyridine rings is 2. The van der Waals surface area contributed by atoms with Gasteiger partial charge in [0.05, 0.1) is 24.4 Å². The third-order valence-electron chi connectivity index (χ3n) is 4.55. The molecule has 0 saturated heterocycles. The number of benzene rings is 2. The maximum absolute atomic E-state index is 10.7. The molecule has 134 valence electrons. The van der Waals surface area contributed by atoms with Crippen molar-refractivity contribution in [1.29, 1.82) is 0 Å². The second-order valence-electron chi connectivity index (χ2n) is 6.20. The van der Waals surface area contributed by atoms with Crippen LogP contribution in [0, 0.1) is 0 Å². The van der Waals surface area contributed by atoms with Gasteiger partial charge in [0.25, 0.3) is 5.82 Å². The molecule has 3 N–H and O–H groups in total.